The Bertz CT molecular complexity index is 1630. The van der Waals surface area contributed by atoms with Crippen LogP contribution in [0, 0.1) is 18.9 Å². The molecule has 7 rings (SSSR count). The van der Waals surface area contributed by atoms with Crippen molar-refractivity contribution in [3.63, 3.8) is 0 Å². The normalized spacial score (nSPS) is 21.0. The number of amides is 1. The van der Waals surface area contributed by atoms with E-state index in [-0.39, 0.29) is 23.9 Å². The van der Waals surface area contributed by atoms with Crippen LogP contribution in [0.4, 0.5) is 11.5 Å². The minimum absolute atomic E-state index is 0.120. The molecular weight excluding hydrogens is 562 g/mol. The van der Waals surface area contributed by atoms with Gasteiger partial charge in [-0.3, -0.25) is 4.79 Å². The van der Waals surface area contributed by atoms with E-state index < -0.39 is 0 Å². The van der Waals surface area contributed by atoms with Crippen LogP contribution in [0.15, 0.2) is 49.1 Å². The molecule has 4 heterocycles. The summed E-state index contributed by atoms with van der Waals surface area (Å²) in [6.07, 6.45) is 7.12. The number of likely N-dealkylation sites (tertiary alicyclic amines) is 1. The van der Waals surface area contributed by atoms with Gasteiger partial charge in [-0.1, -0.05) is 36.9 Å². The van der Waals surface area contributed by atoms with E-state index in [0.717, 1.165) is 36.6 Å². The molecule has 45 heavy (non-hydrogen) atoms. The highest BCUT2D eigenvalue weighted by atomic mass is 16.5. The number of aryl methyl sites for hydroxylation is 1. The number of anilines is 2. The number of carbonyl (C=O) groups excluding carboxylic acids is 1. The third kappa shape index (κ3) is 5.96. The van der Waals surface area contributed by atoms with E-state index in [2.05, 4.69) is 69.4 Å². The lowest BCUT2D eigenvalue weighted by Crippen LogP contribution is -2.56. The monoisotopic (exact) mass is 605 g/mol. The first-order valence-corrected chi connectivity index (χ1v) is 16.5. The molecule has 1 atom stereocenters. The van der Waals surface area contributed by atoms with E-state index in [0.29, 0.717) is 38.8 Å². The van der Waals surface area contributed by atoms with Crippen LogP contribution in [0.1, 0.15) is 42.5 Å². The molecule has 3 aromatic rings. The number of hydrogen-bond donors (Lipinski definition) is 0. The first-order chi connectivity index (χ1) is 22.0. The summed E-state index contributed by atoms with van der Waals surface area (Å²) < 4.78 is 6.50. The first-order valence-electron chi connectivity index (χ1n) is 16.5. The van der Waals surface area contributed by atoms with Crippen LogP contribution < -0.4 is 14.5 Å². The lowest BCUT2D eigenvalue weighted by molar-refractivity contribution is -0.128. The number of rotatable bonds is 9. The van der Waals surface area contributed by atoms with E-state index >= 15 is 0 Å². The molecule has 2 aromatic carbocycles. The van der Waals surface area contributed by atoms with Crippen LogP contribution in [-0.4, -0.2) is 90.7 Å². The average Bonchev–Trinajstić information content (AvgIpc) is 3.64. The molecule has 0 unspecified atom stereocenters. The summed E-state index contributed by atoms with van der Waals surface area (Å²) >= 11 is 0. The highest BCUT2D eigenvalue weighted by Crippen LogP contribution is 2.47. The minimum Gasteiger partial charge on any atom is -0.463 e. The molecule has 1 amide bonds. The number of carbonyl (C=O) groups is 1. The van der Waals surface area contributed by atoms with E-state index in [1.165, 1.54) is 66.9 Å². The van der Waals surface area contributed by atoms with Gasteiger partial charge in [0.2, 0.25) is 12.5 Å². The predicted molar refractivity (Wildman–Crippen MR) is 178 cm³/mol. The van der Waals surface area contributed by atoms with Crippen molar-refractivity contribution in [3.05, 3.63) is 77.3 Å². The first kappa shape index (κ1) is 29.5. The van der Waals surface area contributed by atoms with Crippen molar-refractivity contribution in [1.82, 2.24) is 19.8 Å². The Balaban J connectivity index is 1.20. The second-order valence-corrected chi connectivity index (χ2v) is 13.3. The van der Waals surface area contributed by atoms with Crippen LogP contribution in [0.2, 0.25) is 0 Å². The zero-order valence-corrected chi connectivity index (χ0v) is 26.4. The molecule has 234 valence electrons. The Morgan fingerprint density at radius 2 is 1.89 bits per heavy atom. The van der Waals surface area contributed by atoms with Gasteiger partial charge in [-0.15, -0.1) is 0 Å². The fraction of sp³-hybridized carbons (Fsp3) is 0.500. The van der Waals surface area contributed by atoms with E-state index in [9.17, 15) is 4.79 Å². The molecular formula is C36H43N7O2. The number of aromatic nitrogens is 2. The summed E-state index contributed by atoms with van der Waals surface area (Å²) in [5.74, 6) is 0.777. The molecule has 3 fully saturated rings. The Labute approximate surface area is 266 Å². The topological polar surface area (TPSA) is 69.4 Å². The number of nitrogens with zero attached hydrogens (tertiary/aromatic N) is 7. The van der Waals surface area contributed by atoms with Crippen LogP contribution in [0.3, 0.4) is 0 Å². The smallest absolute Gasteiger partial charge is 0.318 e. The molecule has 4 aliphatic rings. The van der Waals surface area contributed by atoms with Crippen LogP contribution in [-0.2, 0) is 17.8 Å². The number of ether oxygens (including phenoxy) is 1. The number of hydrogen-bond acceptors (Lipinski definition) is 7. The lowest BCUT2D eigenvalue weighted by Gasteiger charge is -2.41. The molecule has 0 bridgehead atoms. The molecule has 2 saturated heterocycles. The standard InChI is InChI=1S/C36H43N7O2/c1-4-32(44)43-20-19-42(22-28(43)21-37-3)34-29-13-18-41(31-12-8-11-27-10-7-9-26(2)33(27)31)23-30(29)38-35(39-34)45-25-36(14-15-36)24-40-16-5-6-17-40/h4,7-12,28H,1,5-6,13-25H2,2H3/t28-/m0/s1. The van der Waals surface area contributed by atoms with Crippen molar-refractivity contribution in [2.45, 2.75) is 51.6 Å². The zero-order valence-electron chi connectivity index (χ0n) is 26.4. The van der Waals surface area contributed by atoms with Gasteiger partial charge >= 0.3 is 6.01 Å². The van der Waals surface area contributed by atoms with Crippen molar-refractivity contribution in [1.29, 1.82) is 0 Å². The van der Waals surface area contributed by atoms with Crippen LogP contribution >= 0.6 is 0 Å². The van der Waals surface area contributed by atoms with Crippen LogP contribution in [0.25, 0.3) is 15.6 Å². The molecule has 0 spiro atoms. The summed E-state index contributed by atoms with van der Waals surface area (Å²) in [7, 11) is 0. The van der Waals surface area contributed by atoms with Gasteiger partial charge in [0.25, 0.3) is 0 Å². The third-order valence-electron chi connectivity index (χ3n) is 10.2. The summed E-state index contributed by atoms with van der Waals surface area (Å²) in [5.41, 5.74) is 4.86. The maximum atomic E-state index is 12.6. The van der Waals surface area contributed by atoms with Crippen LogP contribution in [0.5, 0.6) is 6.01 Å². The highest BCUT2D eigenvalue weighted by molar-refractivity contribution is 5.97. The molecule has 9 heteroatoms. The number of fused-ring (bicyclic) bond motifs is 2. The molecule has 1 saturated carbocycles. The third-order valence-corrected chi connectivity index (χ3v) is 10.2. The van der Waals surface area contributed by atoms with Crippen molar-refractivity contribution in [2.24, 2.45) is 5.41 Å². The highest BCUT2D eigenvalue weighted by Gasteiger charge is 2.45. The average molecular weight is 606 g/mol. The molecule has 1 aromatic heterocycles. The lowest BCUT2D eigenvalue weighted by atomic mass is 9.99. The van der Waals surface area contributed by atoms with Gasteiger partial charge in [0.15, 0.2) is 0 Å². The second kappa shape index (κ2) is 12.3. The number of benzene rings is 2. The summed E-state index contributed by atoms with van der Waals surface area (Å²) in [6.45, 7) is 21.0. The van der Waals surface area contributed by atoms with Gasteiger partial charge in [-0.05, 0) is 75.2 Å². The Morgan fingerprint density at radius 1 is 1.09 bits per heavy atom. The summed E-state index contributed by atoms with van der Waals surface area (Å²) in [4.78, 5) is 35.5. The predicted octanol–water partition coefficient (Wildman–Crippen LogP) is 4.88. The van der Waals surface area contributed by atoms with Gasteiger partial charge in [-0.2, -0.15) is 9.97 Å². The van der Waals surface area contributed by atoms with Gasteiger partial charge in [0.05, 0.1) is 18.8 Å². The van der Waals surface area contributed by atoms with Gasteiger partial charge < -0.3 is 29.2 Å². The van der Waals surface area contributed by atoms with E-state index in [1.54, 1.807) is 4.90 Å². The van der Waals surface area contributed by atoms with E-state index in [4.69, 9.17) is 21.3 Å². The molecule has 0 radical (unpaired) electrons. The Kier molecular flexibility index (Phi) is 8.09. The minimum atomic E-state index is -0.217. The Hall–Kier alpha value is -4.16. The van der Waals surface area contributed by atoms with Crippen molar-refractivity contribution in [3.8, 4) is 6.01 Å². The van der Waals surface area contributed by atoms with Gasteiger partial charge in [0.1, 0.15) is 11.9 Å². The zero-order chi connectivity index (χ0) is 31.0. The summed E-state index contributed by atoms with van der Waals surface area (Å²) in [6, 6.07) is 13.3. The molecule has 9 nitrogen and oxygen atoms in total. The SMILES string of the molecule is [C-]#[N+]C[C@H]1CN(c2nc(OCC3(CN4CCCC4)CC3)nc3c2CCN(c2cccc4cccc(C)c24)C3)CCN1C(=O)C=C. The fourth-order valence-corrected chi connectivity index (χ4v) is 7.56. The number of piperazine rings is 1. The van der Waals surface area contributed by atoms with Gasteiger partial charge in [0, 0.05) is 54.8 Å². The largest absolute Gasteiger partial charge is 0.463 e. The maximum Gasteiger partial charge on any atom is 0.318 e. The molecule has 3 aliphatic heterocycles. The maximum absolute atomic E-state index is 12.6. The van der Waals surface area contributed by atoms with Crippen molar-refractivity contribution < 1.29 is 9.53 Å². The molecule has 1 aliphatic carbocycles. The summed E-state index contributed by atoms with van der Waals surface area (Å²) in [5, 5.41) is 2.54. The fourth-order valence-electron chi connectivity index (χ4n) is 7.56. The van der Waals surface area contributed by atoms with Crippen molar-refractivity contribution in [2.75, 3.05) is 68.8 Å². The molecule has 0 N–H and O–H groups in total. The quantitative estimate of drug-likeness (QED) is 0.255. The van der Waals surface area contributed by atoms with E-state index in [1.807, 2.05) is 0 Å². The van der Waals surface area contributed by atoms with Gasteiger partial charge in [-0.25, -0.2) is 6.57 Å². The Morgan fingerprint density at radius 3 is 2.64 bits per heavy atom. The second-order valence-electron chi connectivity index (χ2n) is 13.3. The van der Waals surface area contributed by atoms with Crippen molar-refractivity contribution >= 4 is 28.2 Å².